The zero-order valence-electron chi connectivity index (χ0n) is 9.94. The summed E-state index contributed by atoms with van der Waals surface area (Å²) in [4.78, 5) is 3.53. The van der Waals surface area contributed by atoms with Gasteiger partial charge in [0.05, 0.1) is 11.8 Å². The van der Waals surface area contributed by atoms with E-state index in [4.69, 9.17) is 4.74 Å². The van der Waals surface area contributed by atoms with E-state index in [1.165, 1.54) is 6.20 Å². The average molecular weight is 319 g/mol. The fraction of sp³-hybridized carbons (Fsp3) is 0.545. The van der Waals surface area contributed by atoms with Crippen molar-refractivity contribution >= 4 is 24.8 Å². The second-order valence-corrected chi connectivity index (χ2v) is 4.01. The van der Waals surface area contributed by atoms with Crippen molar-refractivity contribution < 1.29 is 17.9 Å². The molecular formula is C11H15Cl2F3N2O. The molecule has 1 aliphatic heterocycles. The minimum atomic E-state index is -4.38. The van der Waals surface area contributed by atoms with Gasteiger partial charge < -0.3 is 10.1 Å². The van der Waals surface area contributed by atoms with Crippen LogP contribution in [0.3, 0.4) is 0 Å². The third kappa shape index (κ3) is 5.42. The zero-order chi connectivity index (χ0) is 12.3. The van der Waals surface area contributed by atoms with Crippen molar-refractivity contribution in [1.29, 1.82) is 0 Å². The summed E-state index contributed by atoms with van der Waals surface area (Å²) in [5.74, 6) is 0.161. The molecule has 110 valence electrons. The molecule has 1 N–H and O–H groups in total. The van der Waals surface area contributed by atoms with E-state index < -0.39 is 11.7 Å². The molecule has 8 heteroatoms. The fourth-order valence-electron chi connectivity index (χ4n) is 1.75. The first-order chi connectivity index (χ1) is 8.05. The molecule has 0 unspecified atom stereocenters. The quantitative estimate of drug-likeness (QED) is 0.930. The molecule has 0 spiro atoms. The molecule has 1 aliphatic rings. The van der Waals surface area contributed by atoms with E-state index >= 15 is 0 Å². The van der Waals surface area contributed by atoms with Crippen LogP contribution in [0.25, 0.3) is 0 Å². The lowest BCUT2D eigenvalue weighted by Gasteiger charge is -2.13. The Bertz CT molecular complexity index is 384. The van der Waals surface area contributed by atoms with Crippen molar-refractivity contribution in [3.63, 3.8) is 0 Å². The maximum absolute atomic E-state index is 12.4. The predicted octanol–water partition coefficient (Wildman–Crippen LogP) is 3.07. The van der Waals surface area contributed by atoms with Crippen molar-refractivity contribution in [2.45, 2.75) is 25.1 Å². The fourth-order valence-corrected chi connectivity index (χ4v) is 1.75. The van der Waals surface area contributed by atoms with E-state index in [9.17, 15) is 13.2 Å². The molecule has 1 saturated heterocycles. The standard InChI is InChI=1S/C11H13F3N2O.2ClH/c12-11(13,14)8-4-10(6-15-5-8)17-7-9-2-1-3-16-9;;/h4-6,9,16H,1-3,7H2;2*1H/t9-;;/m0../s1. The summed E-state index contributed by atoms with van der Waals surface area (Å²) in [6.07, 6.45) is -0.218. The molecule has 3 nitrogen and oxygen atoms in total. The van der Waals surface area contributed by atoms with E-state index in [1.54, 1.807) is 0 Å². The van der Waals surface area contributed by atoms with Crippen LogP contribution in [0.1, 0.15) is 18.4 Å². The molecule has 1 aromatic rings. The third-order valence-electron chi connectivity index (χ3n) is 2.65. The minimum absolute atomic E-state index is 0. The van der Waals surface area contributed by atoms with Crippen molar-refractivity contribution in [3.05, 3.63) is 24.0 Å². The van der Waals surface area contributed by atoms with E-state index in [2.05, 4.69) is 10.3 Å². The van der Waals surface area contributed by atoms with Gasteiger partial charge in [-0.3, -0.25) is 4.98 Å². The third-order valence-corrected chi connectivity index (χ3v) is 2.65. The van der Waals surface area contributed by atoms with Crippen LogP contribution in [-0.2, 0) is 6.18 Å². The SMILES string of the molecule is Cl.Cl.FC(F)(F)c1cncc(OC[C@@H]2CCCN2)c1. The first kappa shape index (κ1) is 18.3. The summed E-state index contributed by atoms with van der Waals surface area (Å²) in [7, 11) is 0. The molecule has 0 amide bonds. The summed E-state index contributed by atoms with van der Waals surface area (Å²) >= 11 is 0. The Labute approximate surface area is 121 Å². The highest BCUT2D eigenvalue weighted by Crippen LogP contribution is 2.30. The molecule has 0 saturated carbocycles. The van der Waals surface area contributed by atoms with E-state index in [0.29, 0.717) is 6.61 Å². The van der Waals surface area contributed by atoms with Gasteiger partial charge in [-0.2, -0.15) is 13.2 Å². The molecule has 0 aliphatic carbocycles. The van der Waals surface area contributed by atoms with Crippen LogP contribution >= 0.6 is 24.8 Å². The van der Waals surface area contributed by atoms with Gasteiger partial charge in [0, 0.05) is 12.2 Å². The second-order valence-electron chi connectivity index (χ2n) is 4.01. The summed E-state index contributed by atoms with van der Waals surface area (Å²) in [5.41, 5.74) is -0.783. The lowest BCUT2D eigenvalue weighted by atomic mass is 10.2. The van der Waals surface area contributed by atoms with Gasteiger partial charge >= 0.3 is 6.18 Å². The van der Waals surface area contributed by atoms with Crippen molar-refractivity contribution in [3.8, 4) is 5.75 Å². The number of aromatic nitrogens is 1. The van der Waals surface area contributed by atoms with Crippen LogP contribution in [0.2, 0.25) is 0 Å². The normalized spacial score (nSPS) is 18.4. The van der Waals surface area contributed by atoms with Gasteiger partial charge in [-0.15, -0.1) is 24.8 Å². The van der Waals surface area contributed by atoms with Crippen molar-refractivity contribution in [2.24, 2.45) is 0 Å². The highest BCUT2D eigenvalue weighted by atomic mass is 35.5. The number of nitrogens with zero attached hydrogens (tertiary/aromatic N) is 1. The largest absolute Gasteiger partial charge is 0.490 e. The summed E-state index contributed by atoms with van der Waals surface area (Å²) in [6.45, 7) is 1.32. The van der Waals surface area contributed by atoms with Crippen LogP contribution in [0.15, 0.2) is 18.5 Å². The second kappa shape index (κ2) is 7.77. The number of nitrogens with one attached hydrogen (secondary N) is 1. The topological polar surface area (TPSA) is 34.1 Å². The Morgan fingerprint density at radius 3 is 2.63 bits per heavy atom. The van der Waals surface area contributed by atoms with Crippen LogP contribution in [-0.4, -0.2) is 24.2 Å². The highest BCUT2D eigenvalue weighted by Gasteiger charge is 2.31. The van der Waals surface area contributed by atoms with Gasteiger partial charge in [0.15, 0.2) is 0 Å². The summed E-state index contributed by atoms with van der Waals surface area (Å²) in [5, 5.41) is 3.20. The Hall–Kier alpha value is -0.720. The van der Waals surface area contributed by atoms with Crippen LogP contribution in [0, 0.1) is 0 Å². The van der Waals surface area contributed by atoms with Gasteiger partial charge in [-0.05, 0) is 25.5 Å². The lowest BCUT2D eigenvalue weighted by Crippen LogP contribution is -2.28. The van der Waals surface area contributed by atoms with Gasteiger partial charge in [-0.25, -0.2) is 0 Å². The first-order valence-corrected chi connectivity index (χ1v) is 5.44. The molecule has 1 fully saturated rings. The predicted molar refractivity (Wildman–Crippen MR) is 70.3 cm³/mol. The molecule has 19 heavy (non-hydrogen) atoms. The van der Waals surface area contributed by atoms with Crippen LogP contribution in [0.5, 0.6) is 5.75 Å². The van der Waals surface area contributed by atoms with Gasteiger partial charge in [0.1, 0.15) is 12.4 Å². The Balaban J connectivity index is 0.00000162. The maximum atomic E-state index is 12.4. The van der Waals surface area contributed by atoms with Gasteiger partial charge in [0.25, 0.3) is 0 Å². The van der Waals surface area contributed by atoms with Crippen LogP contribution in [0.4, 0.5) is 13.2 Å². The molecule has 2 heterocycles. The van der Waals surface area contributed by atoms with E-state index in [0.717, 1.165) is 31.6 Å². The minimum Gasteiger partial charge on any atom is -0.490 e. The Morgan fingerprint density at radius 2 is 2.05 bits per heavy atom. The number of alkyl halides is 3. The van der Waals surface area contributed by atoms with E-state index in [-0.39, 0.29) is 36.6 Å². The zero-order valence-corrected chi connectivity index (χ0v) is 11.6. The summed E-state index contributed by atoms with van der Waals surface area (Å²) in [6, 6.07) is 1.20. The molecule has 0 bridgehead atoms. The maximum Gasteiger partial charge on any atom is 0.418 e. The smallest absolute Gasteiger partial charge is 0.418 e. The monoisotopic (exact) mass is 318 g/mol. The highest BCUT2D eigenvalue weighted by molar-refractivity contribution is 5.85. The van der Waals surface area contributed by atoms with E-state index in [1.807, 2.05) is 0 Å². The number of pyridine rings is 1. The molecular weight excluding hydrogens is 304 g/mol. The molecule has 0 aromatic carbocycles. The molecule has 2 rings (SSSR count). The molecule has 0 radical (unpaired) electrons. The summed E-state index contributed by atoms with van der Waals surface area (Å²) < 4.78 is 42.5. The molecule has 1 atom stereocenters. The first-order valence-electron chi connectivity index (χ1n) is 5.44. The average Bonchev–Trinajstić information content (AvgIpc) is 2.78. The molecule has 1 aromatic heterocycles. The van der Waals surface area contributed by atoms with Gasteiger partial charge in [0.2, 0.25) is 0 Å². The Morgan fingerprint density at radius 1 is 1.32 bits per heavy atom. The number of hydrogen-bond acceptors (Lipinski definition) is 3. The number of hydrogen-bond donors (Lipinski definition) is 1. The van der Waals surface area contributed by atoms with Crippen molar-refractivity contribution in [1.82, 2.24) is 10.3 Å². The van der Waals surface area contributed by atoms with Crippen molar-refractivity contribution in [2.75, 3.05) is 13.2 Å². The Kier molecular flexibility index (Phi) is 7.47. The lowest BCUT2D eigenvalue weighted by molar-refractivity contribution is -0.137. The number of halogens is 5. The number of ether oxygens (including phenoxy) is 1. The van der Waals surface area contributed by atoms with Gasteiger partial charge in [-0.1, -0.05) is 0 Å². The van der Waals surface area contributed by atoms with Crippen LogP contribution < -0.4 is 10.1 Å². The number of rotatable bonds is 3.